The molecule has 1 aliphatic heterocycles. The summed E-state index contributed by atoms with van der Waals surface area (Å²) in [5.74, 6) is 1.39. The molecule has 7 nitrogen and oxygen atoms in total. The van der Waals surface area contributed by atoms with Gasteiger partial charge in [0.2, 0.25) is 0 Å². The second kappa shape index (κ2) is 9.94. The molecule has 1 fully saturated rings. The number of hydrogen-bond donors (Lipinski definition) is 2. The molecule has 1 aromatic rings. The molecule has 142 valence electrons. The number of ether oxygens (including phenoxy) is 1. The largest absolute Gasteiger partial charge is 0.379 e. The second-order valence-corrected chi connectivity index (χ2v) is 7.62. The lowest BCUT2D eigenvalue weighted by Gasteiger charge is -2.37. The van der Waals surface area contributed by atoms with Crippen molar-refractivity contribution in [2.75, 3.05) is 58.9 Å². The number of hydrogen-bond acceptors (Lipinski definition) is 6. The smallest absolute Gasteiger partial charge is 0.191 e. The van der Waals surface area contributed by atoms with E-state index in [1.165, 1.54) is 0 Å². The highest BCUT2D eigenvalue weighted by molar-refractivity contribution is 7.13. The van der Waals surface area contributed by atoms with Crippen molar-refractivity contribution in [3.05, 3.63) is 11.1 Å². The van der Waals surface area contributed by atoms with E-state index in [4.69, 9.17) is 4.74 Å². The van der Waals surface area contributed by atoms with Crippen molar-refractivity contribution >= 4 is 22.4 Å². The lowest BCUT2D eigenvalue weighted by molar-refractivity contribution is 0.00752. The van der Waals surface area contributed by atoms with Crippen LogP contribution in [-0.2, 0) is 11.3 Å². The minimum Gasteiger partial charge on any atom is -0.379 e. The van der Waals surface area contributed by atoms with Crippen molar-refractivity contribution in [1.29, 1.82) is 0 Å². The zero-order valence-corrected chi connectivity index (χ0v) is 16.9. The van der Waals surface area contributed by atoms with Gasteiger partial charge in [-0.15, -0.1) is 11.3 Å². The van der Waals surface area contributed by atoms with Crippen molar-refractivity contribution in [3.63, 3.8) is 0 Å². The van der Waals surface area contributed by atoms with Crippen LogP contribution >= 0.6 is 11.3 Å². The van der Waals surface area contributed by atoms with Gasteiger partial charge in [0, 0.05) is 52.2 Å². The Labute approximate surface area is 155 Å². The summed E-state index contributed by atoms with van der Waals surface area (Å²) in [6, 6.07) is 0.474. The first-order chi connectivity index (χ1) is 12.0. The molecule has 0 aromatic carbocycles. The standard InChI is InChI=1S/C17H32N6OS/c1-13(2)15(23-6-8-24-9-7-23)11-20-16(18-3)19-10-14-12-25-17(21-14)22(4)5/h12-13,15H,6-11H2,1-5H3,(H2,18,19,20). The summed E-state index contributed by atoms with van der Waals surface area (Å²) < 4.78 is 5.48. The summed E-state index contributed by atoms with van der Waals surface area (Å²) in [7, 11) is 5.82. The predicted octanol–water partition coefficient (Wildman–Crippen LogP) is 1.23. The Balaban J connectivity index is 1.83. The van der Waals surface area contributed by atoms with Crippen LogP contribution in [0.1, 0.15) is 19.5 Å². The van der Waals surface area contributed by atoms with Crippen LogP contribution in [0.3, 0.4) is 0 Å². The van der Waals surface area contributed by atoms with E-state index in [0.717, 1.165) is 49.6 Å². The molecule has 0 amide bonds. The zero-order chi connectivity index (χ0) is 18.2. The van der Waals surface area contributed by atoms with Crippen LogP contribution in [0.5, 0.6) is 0 Å². The van der Waals surface area contributed by atoms with E-state index >= 15 is 0 Å². The van der Waals surface area contributed by atoms with Crippen LogP contribution in [0.2, 0.25) is 0 Å². The molecule has 25 heavy (non-hydrogen) atoms. The number of thiazole rings is 1. The third kappa shape index (κ3) is 6.13. The average Bonchev–Trinajstić information content (AvgIpc) is 3.08. The molecule has 1 aromatic heterocycles. The second-order valence-electron chi connectivity index (χ2n) is 6.78. The monoisotopic (exact) mass is 368 g/mol. The molecule has 1 saturated heterocycles. The van der Waals surface area contributed by atoms with Crippen LogP contribution in [0.4, 0.5) is 5.13 Å². The summed E-state index contributed by atoms with van der Waals surface area (Å²) in [5, 5.41) is 9.93. The molecule has 2 N–H and O–H groups in total. The number of anilines is 1. The Morgan fingerprint density at radius 1 is 1.36 bits per heavy atom. The summed E-state index contributed by atoms with van der Waals surface area (Å²) in [6.07, 6.45) is 0. The highest BCUT2D eigenvalue weighted by Crippen LogP contribution is 2.17. The molecule has 1 aliphatic rings. The number of guanidine groups is 1. The fourth-order valence-corrected chi connectivity index (χ4v) is 3.63. The van der Waals surface area contributed by atoms with Crippen LogP contribution in [-0.4, -0.2) is 75.9 Å². The van der Waals surface area contributed by atoms with Crippen LogP contribution < -0.4 is 15.5 Å². The van der Waals surface area contributed by atoms with Crippen LogP contribution in [0.25, 0.3) is 0 Å². The van der Waals surface area contributed by atoms with Gasteiger partial charge in [-0.05, 0) is 5.92 Å². The van der Waals surface area contributed by atoms with Gasteiger partial charge in [-0.25, -0.2) is 4.98 Å². The van der Waals surface area contributed by atoms with Crippen molar-refractivity contribution in [2.24, 2.45) is 10.9 Å². The van der Waals surface area contributed by atoms with E-state index in [1.54, 1.807) is 18.4 Å². The first-order valence-electron chi connectivity index (χ1n) is 8.89. The molecular formula is C17H32N6OS. The maximum atomic E-state index is 5.48. The Hall–Kier alpha value is -1.38. The number of nitrogens with zero attached hydrogens (tertiary/aromatic N) is 4. The van der Waals surface area contributed by atoms with E-state index in [-0.39, 0.29) is 0 Å². The first-order valence-corrected chi connectivity index (χ1v) is 9.77. The SMILES string of the molecule is CN=C(NCc1csc(N(C)C)n1)NCC(C(C)C)N1CCOCC1. The molecule has 0 radical (unpaired) electrons. The number of nitrogens with one attached hydrogen (secondary N) is 2. The van der Waals surface area contributed by atoms with E-state index < -0.39 is 0 Å². The van der Waals surface area contributed by atoms with Crippen molar-refractivity contribution in [2.45, 2.75) is 26.4 Å². The van der Waals surface area contributed by atoms with Crippen molar-refractivity contribution in [3.8, 4) is 0 Å². The first kappa shape index (κ1) is 19.9. The van der Waals surface area contributed by atoms with Gasteiger partial charge in [0.1, 0.15) is 0 Å². The third-order valence-electron chi connectivity index (χ3n) is 4.35. The summed E-state index contributed by atoms with van der Waals surface area (Å²) in [4.78, 5) is 13.5. The topological polar surface area (TPSA) is 65.0 Å². The highest BCUT2D eigenvalue weighted by atomic mass is 32.1. The van der Waals surface area contributed by atoms with Crippen LogP contribution in [0.15, 0.2) is 10.4 Å². The van der Waals surface area contributed by atoms with Gasteiger partial charge in [-0.3, -0.25) is 9.89 Å². The quantitative estimate of drug-likeness (QED) is 0.558. The molecule has 0 saturated carbocycles. The number of aliphatic imine (C=N–C) groups is 1. The van der Waals surface area contributed by atoms with Gasteiger partial charge in [0.05, 0.1) is 25.5 Å². The number of morpholine rings is 1. The number of aromatic nitrogens is 1. The van der Waals surface area contributed by atoms with Crippen molar-refractivity contribution < 1.29 is 4.74 Å². The summed E-state index contributed by atoms with van der Waals surface area (Å²) >= 11 is 1.65. The predicted molar refractivity (Wildman–Crippen MR) is 106 cm³/mol. The van der Waals surface area contributed by atoms with E-state index in [2.05, 4.69) is 44.7 Å². The molecule has 2 heterocycles. The van der Waals surface area contributed by atoms with E-state index in [9.17, 15) is 0 Å². The van der Waals surface area contributed by atoms with Gasteiger partial charge in [0.25, 0.3) is 0 Å². The lowest BCUT2D eigenvalue weighted by Crippen LogP contribution is -2.52. The van der Waals surface area contributed by atoms with Gasteiger partial charge >= 0.3 is 0 Å². The Morgan fingerprint density at radius 2 is 2.08 bits per heavy atom. The van der Waals surface area contributed by atoms with Crippen LogP contribution in [0, 0.1) is 5.92 Å². The van der Waals surface area contributed by atoms with E-state index in [1.807, 2.05) is 19.0 Å². The molecule has 0 spiro atoms. The third-order valence-corrected chi connectivity index (χ3v) is 5.40. The molecule has 2 rings (SSSR count). The average molecular weight is 369 g/mol. The summed E-state index contributed by atoms with van der Waals surface area (Å²) in [5.41, 5.74) is 1.03. The zero-order valence-electron chi connectivity index (χ0n) is 16.1. The Bertz CT molecular complexity index is 539. The Morgan fingerprint density at radius 3 is 2.64 bits per heavy atom. The van der Waals surface area contributed by atoms with Gasteiger partial charge < -0.3 is 20.3 Å². The minimum absolute atomic E-state index is 0.474. The van der Waals surface area contributed by atoms with Gasteiger partial charge in [-0.1, -0.05) is 13.8 Å². The molecule has 1 atom stereocenters. The summed E-state index contributed by atoms with van der Waals surface area (Å²) in [6.45, 7) is 9.76. The molecule has 8 heteroatoms. The normalized spacial score (nSPS) is 17.6. The van der Waals surface area contributed by atoms with E-state index in [0.29, 0.717) is 18.5 Å². The van der Waals surface area contributed by atoms with Gasteiger partial charge in [0.15, 0.2) is 11.1 Å². The van der Waals surface area contributed by atoms with Crippen molar-refractivity contribution in [1.82, 2.24) is 20.5 Å². The molecule has 0 aliphatic carbocycles. The minimum atomic E-state index is 0.474. The molecule has 1 unspecified atom stereocenters. The van der Waals surface area contributed by atoms with Gasteiger partial charge in [-0.2, -0.15) is 0 Å². The lowest BCUT2D eigenvalue weighted by atomic mass is 10.0. The molecule has 0 bridgehead atoms. The maximum Gasteiger partial charge on any atom is 0.191 e. The number of rotatable bonds is 7. The Kier molecular flexibility index (Phi) is 7.92. The highest BCUT2D eigenvalue weighted by Gasteiger charge is 2.23. The fraction of sp³-hybridized carbons (Fsp3) is 0.765. The maximum absolute atomic E-state index is 5.48. The molecular weight excluding hydrogens is 336 g/mol. The fourth-order valence-electron chi connectivity index (χ4n) is 2.87.